The Kier molecular flexibility index (Phi) is 4.91. The minimum Gasteiger partial charge on any atom is -0.299 e. The van der Waals surface area contributed by atoms with Gasteiger partial charge in [-0.1, -0.05) is 6.42 Å². The van der Waals surface area contributed by atoms with Gasteiger partial charge in [0.1, 0.15) is 5.78 Å². The van der Waals surface area contributed by atoms with Crippen molar-refractivity contribution in [3.05, 3.63) is 0 Å². The summed E-state index contributed by atoms with van der Waals surface area (Å²) in [6.07, 6.45) is 9.35. The van der Waals surface area contributed by atoms with Crippen LogP contribution in [0.15, 0.2) is 0 Å². The van der Waals surface area contributed by atoms with Crippen LogP contribution in [0.3, 0.4) is 0 Å². The topological polar surface area (TPSA) is 40.9 Å². The molecule has 2 aliphatic rings. The lowest BCUT2D eigenvalue weighted by molar-refractivity contribution is -0.123. The summed E-state index contributed by atoms with van der Waals surface area (Å²) in [6.45, 7) is 0. The molecule has 0 aromatic rings. The van der Waals surface area contributed by atoms with E-state index in [9.17, 15) is 4.79 Å². The van der Waals surface area contributed by atoms with Crippen LogP contribution >= 0.6 is 11.8 Å². The molecule has 0 aliphatic carbocycles. The average Bonchev–Trinajstić information content (AvgIpc) is 2.34. The highest BCUT2D eigenvalue weighted by Gasteiger charge is 2.34. The number of carbonyl (C=O) groups excluding carboxylic acids is 1. The highest BCUT2D eigenvalue weighted by Crippen LogP contribution is 2.44. The first-order valence-electron chi connectivity index (χ1n) is 6.84. The van der Waals surface area contributed by atoms with Crippen LogP contribution in [-0.4, -0.2) is 16.3 Å². The van der Waals surface area contributed by atoms with Crippen LogP contribution < -0.4 is 0 Å². The highest BCUT2D eigenvalue weighted by molar-refractivity contribution is 8.00. The summed E-state index contributed by atoms with van der Waals surface area (Å²) < 4.78 is 0. The number of thioether (sulfide) groups is 1. The van der Waals surface area contributed by atoms with Crippen molar-refractivity contribution < 1.29 is 4.79 Å². The Balaban J connectivity index is 1.74. The van der Waals surface area contributed by atoms with Crippen LogP contribution in [-0.2, 0) is 4.79 Å². The second-order valence-corrected chi connectivity index (χ2v) is 6.92. The first-order chi connectivity index (χ1) is 8.29. The number of hydrogen-bond acceptors (Lipinski definition) is 3. The summed E-state index contributed by atoms with van der Waals surface area (Å²) in [4.78, 5) is 12.1. The minimum absolute atomic E-state index is 0.341. The Morgan fingerprint density at radius 3 is 2.59 bits per heavy atom. The quantitative estimate of drug-likeness (QED) is 0.699. The molecule has 94 valence electrons. The molecular weight excluding hydrogens is 230 g/mol. The molecule has 0 aromatic carbocycles. The number of carbonyl (C=O) groups is 1. The zero-order chi connectivity index (χ0) is 12.1. The van der Waals surface area contributed by atoms with Crippen molar-refractivity contribution in [3.63, 3.8) is 0 Å². The smallest absolute Gasteiger partial charge is 0.136 e. The van der Waals surface area contributed by atoms with E-state index in [0.717, 1.165) is 36.2 Å². The maximum Gasteiger partial charge on any atom is 0.136 e. The van der Waals surface area contributed by atoms with Crippen molar-refractivity contribution in [2.45, 2.75) is 68.3 Å². The second kappa shape index (κ2) is 6.44. The fourth-order valence-corrected chi connectivity index (χ4v) is 4.87. The Bertz CT molecular complexity index is 298. The van der Waals surface area contributed by atoms with Crippen molar-refractivity contribution in [1.29, 1.82) is 5.26 Å². The third kappa shape index (κ3) is 3.74. The van der Waals surface area contributed by atoms with Gasteiger partial charge in [-0.2, -0.15) is 17.0 Å². The predicted molar refractivity (Wildman–Crippen MR) is 70.8 cm³/mol. The number of fused-ring (bicyclic) bond motifs is 2. The van der Waals surface area contributed by atoms with Crippen LogP contribution in [0.25, 0.3) is 0 Å². The van der Waals surface area contributed by atoms with Gasteiger partial charge in [-0.05, 0) is 38.5 Å². The summed E-state index contributed by atoms with van der Waals surface area (Å²) >= 11 is 2.13. The van der Waals surface area contributed by atoms with Gasteiger partial charge in [-0.25, -0.2) is 0 Å². The van der Waals surface area contributed by atoms with E-state index in [1.54, 1.807) is 0 Å². The van der Waals surface area contributed by atoms with Gasteiger partial charge in [0.05, 0.1) is 6.07 Å². The molecule has 0 spiro atoms. The van der Waals surface area contributed by atoms with E-state index in [1.807, 2.05) is 0 Å². The first kappa shape index (κ1) is 13.0. The normalized spacial score (nSPS) is 31.8. The summed E-state index contributed by atoms with van der Waals surface area (Å²) in [5.74, 6) is 0.814. The van der Waals surface area contributed by atoms with Crippen LogP contribution in [0, 0.1) is 17.2 Å². The van der Waals surface area contributed by atoms with Gasteiger partial charge < -0.3 is 0 Å². The molecule has 3 heteroatoms. The minimum atomic E-state index is 0.341. The molecule has 0 aromatic heterocycles. The number of rotatable bonds is 5. The molecule has 0 amide bonds. The number of unbranched alkanes of at least 4 members (excludes halogenated alkanes) is 2. The summed E-state index contributed by atoms with van der Waals surface area (Å²) in [7, 11) is 0. The Morgan fingerprint density at radius 1 is 1.24 bits per heavy atom. The molecule has 0 saturated carbocycles. The fraction of sp³-hybridized carbons (Fsp3) is 0.857. The Labute approximate surface area is 108 Å². The van der Waals surface area contributed by atoms with Crippen LogP contribution in [0.5, 0.6) is 0 Å². The van der Waals surface area contributed by atoms with Gasteiger partial charge in [0.2, 0.25) is 0 Å². The average molecular weight is 251 g/mol. The van der Waals surface area contributed by atoms with E-state index in [-0.39, 0.29) is 0 Å². The monoisotopic (exact) mass is 251 g/mol. The van der Waals surface area contributed by atoms with E-state index in [1.165, 1.54) is 19.3 Å². The number of hydrogen-bond donors (Lipinski definition) is 0. The Morgan fingerprint density at radius 2 is 1.94 bits per heavy atom. The van der Waals surface area contributed by atoms with Crippen molar-refractivity contribution >= 4 is 17.5 Å². The molecule has 0 radical (unpaired) electrons. The molecule has 2 nitrogen and oxygen atoms in total. The number of nitrogens with zero attached hydrogens (tertiary/aromatic N) is 1. The van der Waals surface area contributed by atoms with Gasteiger partial charge >= 0.3 is 0 Å². The second-order valence-electron chi connectivity index (χ2n) is 5.31. The molecule has 2 unspecified atom stereocenters. The lowest BCUT2D eigenvalue weighted by Gasteiger charge is -2.38. The van der Waals surface area contributed by atoms with Crippen molar-refractivity contribution in [1.82, 2.24) is 0 Å². The van der Waals surface area contributed by atoms with E-state index in [0.29, 0.717) is 24.5 Å². The lowest BCUT2D eigenvalue weighted by atomic mass is 9.85. The summed E-state index contributed by atoms with van der Waals surface area (Å²) in [5.41, 5.74) is 0. The fourth-order valence-electron chi connectivity index (χ4n) is 3.03. The predicted octanol–water partition coefficient (Wildman–Crippen LogP) is 3.70. The molecule has 2 fully saturated rings. The zero-order valence-corrected chi connectivity index (χ0v) is 11.2. The molecule has 2 heterocycles. The first-order valence-corrected chi connectivity index (χ1v) is 7.79. The molecule has 2 rings (SSSR count). The number of Topliss-reactive ketones (excluding diaryl/α,β-unsaturated/α-hetero) is 1. The molecule has 2 aliphatic heterocycles. The highest BCUT2D eigenvalue weighted by atomic mass is 32.2. The summed E-state index contributed by atoms with van der Waals surface area (Å²) in [5, 5.41) is 9.97. The van der Waals surface area contributed by atoms with Crippen LogP contribution in [0.4, 0.5) is 0 Å². The SMILES string of the molecule is N#CCCCCC(=O)C1CC2CCCC(C1)S2. The molecule has 2 saturated heterocycles. The zero-order valence-electron chi connectivity index (χ0n) is 10.4. The van der Waals surface area contributed by atoms with Crippen LogP contribution in [0.1, 0.15) is 57.8 Å². The van der Waals surface area contributed by atoms with E-state index in [4.69, 9.17) is 5.26 Å². The van der Waals surface area contributed by atoms with Gasteiger partial charge in [-0.3, -0.25) is 4.79 Å². The van der Waals surface area contributed by atoms with Crippen molar-refractivity contribution in [2.75, 3.05) is 0 Å². The standard InChI is InChI=1S/C14H21NOS/c15-8-3-1-2-7-14(16)11-9-12-5-4-6-13(10-11)17-12/h11-13H,1-7,9-10H2. The van der Waals surface area contributed by atoms with Gasteiger partial charge in [-0.15, -0.1) is 0 Å². The molecule has 0 N–H and O–H groups in total. The van der Waals surface area contributed by atoms with E-state index < -0.39 is 0 Å². The van der Waals surface area contributed by atoms with E-state index >= 15 is 0 Å². The molecule has 2 bridgehead atoms. The third-order valence-electron chi connectivity index (χ3n) is 3.95. The Hall–Kier alpha value is -0.490. The molecular formula is C14H21NOS. The largest absolute Gasteiger partial charge is 0.299 e. The van der Waals surface area contributed by atoms with Crippen molar-refractivity contribution in [2.24, 2.45) is 5.92 Å². The van der Waals surface area contributed by atoms with Crippen LogP contribution in [0.2, 0.25) is 0 Å². The summed E-state index contributed by atoms with van der Waals surface area (Å²) in [6, 6.07) is 2.14. The third-order valence-corrected chi connectivity index (χ3v) is 5.58. The van der Waals surface area contributed by atoms with Crippen molar-refractivity contribution in [3.8, 4) is 6.07 Å². The lowest BCUT2D eigenvalue weighted by Crippen LogP contribution is -2.32. The molecule has 17 heavy (non-hydrogen) atoms. The van der Waals surface area contributed by atoms with Gasteiger partial charge in [0.15, 0.2) is 0 Å². The van der Waals surface area contributed by atoms with Gasteiger partial charge in [0.25, 0.3) is 0 Å². The van der Waals surface area contributed by atoms with E-state index in [2.05, 4.69) is 17.8 Å². The molecule has 2 atom stereocenters. The maximum atomic E-state index is 12.1. The maximum absolute atomic E-state index is 12.1. The number of nitriles is 1. The number of ketones is 1. The van der Waals surface area contributed by atoms with Gasteiger partial charge in [0, 0.05) is 29.3 Å².